The molecule has 0 aliphatic carbocycles. The van der Waals surface area contributed by atoms with Crippen molar-refractivity contribution in [3.63, 3.8) is 0 Å². The summed E-state index contributed by atoms with van der Waals surface area (Å²) in [5.41, 5.74) is 0. The van der Waals surface area contributed by atoms with Gasteiger partial charge in [-0.25, -0.2) is 0 Å². The monoisotopic (exact) mass is 299 g/mol. The van der Waals surface area contributed by atoms with Gasteiger partial charge in [-0.3, -0.25) is 9.48 Å². The minimum atomic E-state index is -0.216. The molecule has 1 amide bonds. The lowest BCUT2D eigenvalue weighted by atomic mass is 10.00. The highest BCUT2D eigenvalue weighted by Crippen LogP contribution is 2.20. The Morgan fingerprint density at radius 2 is 2.41 bits per heavy atom. The average molecular weight is 300 g/mol. The fourth-order valence-electron chi connectivity index (χ4n) is 2.29. The normalized spacial score (nSPS) is 22.5. The molecule has 0 radical (unpaired) electrons. The lowest BCUT2D eigenvalue weighted by Crippen LogP contribution is -2.42. The Hall–Kier alpha value is -0.840. The molecule has 5 heteroatoms. The van der Waals surface area contributed by atoms with E-state index in [0.717, 1.165) is 24.0 Å². The lowest BCUT2D eigenvalue weighted by Gasteiger charge is -2.32. The molecule has 0 spiro atoms. The van der Waals surface area contributed by atoms with Crippen molar-refractivity contribution in [2.75, 3.05) is 13.1 Å². The number of hydrogen-bond donors (Lipinski definition) is 0. The average Bonchev–Trinajstić information content (AvgIpc) is 2.74. The van der Waals surface area contributed by atoms with E-state index in [0.29, 0.717) is 5.92 Å². The van der Waals surface area contributed by atoms with Gasteiger partial charge in [-0.05, 0) is 41.6 Å². The Bertz CT molecular complexity index is 404. The molecule has 0 unspecified atom stereocenters. The minimum absolute atomic E-state index is 0.173. The molecule has 1 aliphatic heterocycles. The van der Waals surface area contributed by atoms with Gasteiger partial charge in [-0.2, -0.15) is 5.10 Å². The van der Waals surface area contributed by atoms with E-state index >= 15 is 0 Å². The van der Waals surface area contributed by atoms with Crippen LogP contribution in [0.5, 0.6) is 0 Å². The zero-order valence-corrected chi connectivity index (χ0v) is 11.9. The molecule has 0 bridgehead atoms. The maximum Gasteiger partial charge on any atom is 0.247 e. The minimum Gasteiger partial charge on any atom is -0.341 e. The molecule has 0 N–H and O–H groups in total. The lowest BCUT2D eigenvalue weighted by molar-refractivity contribution is -0.136. The number of carbonyl (C=O) groups is 1. The molecule has 4 nitrogen and oxygen atoms in total. The third-order valence-electron chi connectivity index (χ3n) is 3.29. The predicted octanol–water partition coefficient (Wildman–Crippen LogP) is 2.47. The summed E-state index contributed by atoms with van der Waals surface area (Å²) >= 11 is 3.35. The number of carbonyl (C=O) groups excluding carboxylic acids is 1. The molecule has 1 fully saturated rings. The second-order valence-corrected chi connectivity index (χ2v) is 5.76. The van der Waals surface area contributed by atoms with Gasteiger partial charge in [0.15, 0.2) is 0 Å². The Balaban J connectivity index is 2.04. The molecule has 0 saturated carbocycles. The van der Waals surface area contributed by atoms with Crippen LogP contribution in [0, 0.1) is 5.92 Å². The zero-order valence-electron chi connectivity index (χ0n) is 10.3. The first-order chi connectivity index (χ1) is 8.08. The van der Waals surface area contributed by atoms with Crippen molar-refractivity contribution < 1.29 is 4.79 Å². The number of piperidine rings is 1. The summed E-state index contributed by atoms with van der Waals surface area (Å²) in [4.78, 5) is 14.3. The van der Waals surface area contributed by atoms with Crippen LogP contribution in [0.15, 0.2) is 16.9 Å². The predicted molar refractivity (Wildman–Crippen MR) is 69.6 cm³/mol. The van der Waals surface area contributed by atoms with Crippen LogP contribution in [0.25, 0.3) is 0 Å². The van der Waals surface area contributed by atoms with Crippen LogP contribution < -0.4 is 0 Å². The van der Waals surface area contributed by atoms with E-state index in [1.165, 1.54) is 6.42 Å². The Labute approximate surface area is 110 Å². The summed E-state index contributed by atoms with van der Waals surface area (Å²) in [6.45, 7) is 5.87. The third-order valence-corrected chi connectivity index (χ3v) is 3.70. The van der Waals surface area contributed by atoms with Gasteiger partial charge in [0, 0.05) is 19.3 Å². The van der Waals surface area contributed by atoms with E-state index in [1.807, 2.05) is 18.0 Å². The topological polar surface area (TPSA) is 38.1 Å². The van der Waals surface area contributed by atoms with E-state index in [4.69, 9.17) is 0 Å². The van der Waals surface area contributed by atoms with E-state index in [9.17, 15) is 4.79 Å². The van der Waals surface area contributed by atoms with Gasteiger partial charge in [0.05, 0.1) is 10.7 Å². The summed E-state index contributed by atoms with van der Waals surface area (Å²) in [6, 6.07) is -0.216. The fraction of sp³-hybridized carbons (Fsp3) is 0.667. The number of likely N-dealkylation sites (tertiary alicyclic amines) is 1. The number of aromatic nitrogens is 2. The van der Waals surface area contributed by atoms with Crippen molar-refractivity contribution in [3.05, 3.63) is 16.9 Å². The van der Waals surface area contributed by atoms with E-state index < -0.39 is 0 Å². The highest BCUT2D eigenvalue weighted by atomic mass is 79.9. The molecule has 2 rings (SSSR count). The van der Waals surface area contributed by atoms with Gasteiger partial charge in [-0.15, -0.1) is 0 Å². The number of hydrogen-bond acceptors (Lipinski definition) is 2. The first kappa shape index (κ1) is 12.6. The first-order valence-electron chi connectivity index (χ1n) is 6.06. The van der Waals surface area contributed by atoms with Crippen molar-refractivity contribution in [2.45, 2.75) is 32.7 Å². The first-order valence-corrected chi connectivity index (χ1v) is 6.85. The number of nitrogens with zero attached hydrogens (tertiary/aromatic N) is 3. The standard InChI is InChI=1S/C12H18BrN3O/c1-9-4-3-5-15(7-9)12(17)10(2)16-8-11(13)6-14-16/h6,8-10H,3-5,7H2,1-2H3/t9-,10-/m0/s1. The van der Waals surface area contributed by atoms with Crippen molar-refractivity contribution in [2.24, 2.45) is 5.92 Å². The van der Waals surface area contributed by atoms with Crippen molar-refractivity contribution in [3.8, 4) is 0 Å². The molecule has 1 saturated heterocycles. The van der Waals surface area contributed by atoms with Crippen LogP contribution in [0.1, 0.15) is 32.7 Å². The maximum absolute atomic E-state index is 12.3. The smallest absolute Gasteiger partial charge is 0.247 e. The number of rotatable bonds is 2. The van der Waals surface area contributed by atoms with Crippen LogP contribution in [-0.2, 0) is 4.79 Å². The van der Waals surface area contributed by atoms with Gasteiger partial charge < -0.3 is 4.90 Å². The van der Waals surface area contributed by atoms with Gasteiger partial charge in [0.1, 0.15) is 6.04 Å². The molecule has 1 aliphatic rings. The van der Waals surface area contributed by atoms with Gasteiger partial charge >= 0.3 is 0 Å². The molecular formula is C12H18BrN3O. The van der Waals surface area contributed by atoms with Crippen molar-refractivity contribution in [1.29, 1.82) is 0 Å². The highest BCUT2D eigenvalue weighted by Gasteiger charge is 2.26. The molecule has 1 aromatic rings. The van der Waals surface area contributed by atoms with Crippen LogP contribution in [0.3, 0.4) is 0 Å². The van der Waals surface area contributed by atoms with Crippen molar-refractivity contribution >= 4 is 21.8 Å². The molecular weight excluding hydrogens is 282 g/mol. The maximum atomic E-state index is 12.3. The second-order valence-electron chi connectivity index (χ2n) is 4.85. The van der Waals surface area contributed by atoms with Gasteiger partial charge in [0.25, 0.3) is 0 Å². The molecule has 2 atom stereocenters. The summed E-state index contributed by atoms with van der Waals surface area (Å²) in [5, 5.41) is 4.17. The largest absolute Gasteiger partial charge is 0.341 e. The molecule has 0 aromatic carbocycles. The Kier molecular flexibility index (Phi) is 3.86. The summed E-state index contributed by atoms with van der Waals surface area (Å²) in [6.07, 6.45) is 5.90. The van der Waals surface area contributed by atoms with Crippen molar-refractivity contribution in [1.82, 2.24) is 14.7 Å². The molecule has 94 valence electrons. The van der Waals surface area contributed by atoms with Gasteiger partial charge in [-0.1, -0.05) is 6.92 Å². The van der Waals surface area contributed by atoms with Crippen LogP contribution in [0.4, 0.5) is 0 Å². The zero-order chi connectivity index (χ0) is 12.4. The third kappa shape index (κ3) is 2.89. The Morgan fingerprint density at radius 1 is 1.65 bits per heavy atom. The molecule has 17 heavy (non-hydrogen) atoms. The van der Waals surface area contributed by atoms with Crippen LogP contribution >= 0.6 is 15.9 Å². The second kappa shape index (κ2) is 5.21. The summed E-state index contributed by atoms with van der Waals surface area (Å²) < 4.78 is 2.62. The van der Waals surface area contributed by atoms with Crippen LogP contribution in [-0.4, -0.2) is 33.7 Å². The summed E-state index contributed by atoms with van der Waals surface area (Å²) in [5.74, 6) is 0.788. The SMILES string of the molecule is C[C@H]1CCCN(C(=O)[C@H](C)n2cc(Br)cn2)C1. The van der Waals surface area contributed by atoms with Gasteiger partial charge in [0.2, 0.25) is 5.91 Å². The van der Waals surface area contributed by atoms with E-state index in [-0.39, 0.29) is 11.9 Å². The quantitative estimate of drug-likeness (QED) is 0.841. The van der Waals surface area contributed by atoms with E-state index in [1.54, 1.807) is 10.9 Å². The molecule has 2 heterocycles. The number of halogens is 1. The van der Waals surface area contributed by atoms with Crippen LogP contribution in [0.2, 0.25) is 0 Å². The number of amides is 1. The summed E-state index contributed by atoms with van der Waals surface area (Å²) in [7, 11) is 0. The molecule has 1 aromatic heterocycles. The highest BCUT2D eigenvalue weighted by molar-refractivity contribution is 9.10. The Morgan fingerprint density at radius 3 is 3.00 bits per heavy atom. The fourth-order valence-corrected chi connectivity index (χ4v) is 2.59. The van der Waals surface area contributed by atoms with E-state index in [2.05, 4.69) is 28.0 Å².